The third-order valence-corrected chi connectivity index (χ3v) is 6.46. The minimum Gasteiger partial charge on any atom is -0.355 e. The van der Waals surface area contributed by atoms with Crippen molar-refractivity contribution in [1.29, 1.82) is 5.26 Å². The standard InChI is InChI=1S/C22H17BrN4O2/c1-13(28)27-10-8-16-15-4-2-3-5-18(15)25-20(16)22(27)17-12-14(23)6-7-19(17)26(11-9-24)21(22)29/h2-7,12,25H,8,10-11H2,1H3/t22-/m1/s1. The molecule has 1 atom stereocenters. The van der Waals surface area contributed by atoms with E-state index in [1.165, 1.54) is 11.8 Å². The topological polar surface area (TPSA) is 80.2 Å². The van der Waals surface area contributed by atoms with Crippen molar-refractivity contribution < 1.29 is 9.59 Å². The Kier molecular flexibility index (Phi) is 3.83. The van der Waals surface area contributed by atoms with Crippen LogP contribution in [0.2, 0.25) is 0 Å². The smallest absolute Gasteiger partial charge is 0.264 e. The Morgan fingerprint density at radius 2 is 2.10 bits per heavy atom. The number of aromatic nitrogens is 1. The lowest BCUT2D eigenvalue weighted by Gasteiger charge is -2.43. The van der Waals surface area contributed by atoms with E-state index in [0.29, 0.717) is 18.7 Å². The molecule has 3 aromatic rings. The summed E-state index contributed by atoms with van der Waals surface area (Å²) in [6, 6.07) is 15.6. The second-order valence-corrected chi connectivity index (χ2v) is 8.28. The van der Waals surface area contributed by atoms with E-state index in [4.69, 9.17) is 0 Å². The number of nitrogens with one attached hydrogen (secondary N) is 1. The molecule has 0 unspecified atom stereocenters. The summed E-state index contributed by atoms with van der Waals surface area (Å²) >= 11 is 3.52. The Balaban J connectivity index is 1.91. The van der Waals surface area contributed by atoms with Crippen molar-refractivity contribution >= 4 is 44.3 Å². The number of hydrogen-bond acceptors (Lipinski definition) is 3. The van der Waals surface area contributed by atoms with Gasteiger partial charge in [-0.1, -0.05) is 34.1 Å². The van der Waals surface area contributed by atoms with Gasteiger partial charge < -0.3 is 9.88 Å². The van der Waals surface area contributed by atoms with E-state index in [1.807, 2.05) is 42.5 Å². The van der Waals surface area contributed by atoms with Gasteiger partial charge in [0, 0.05) is 34.4 Å². The minimum atomic E-state index is -1.30. The number of nitriles is 1. The first-order valence-corrected chi connectivity index (χ1v) is 10.2. The number of rotatable bonds is 1. The van der Waals surface area contributed by atoms with E-state index >= 15 is 0 Å². The van der Waals surface area contributed by atoms with Crippen molar-refractivity contribution in [3.63, 3.8) is 0 Å². The zero-order valence-electron chi connectivity index (χ0n) is 15.7. The molecule has 2 aromatic carbocycles. The SMILES string of the molecule is CC(=O)N1CCc2c([nH]c3ccccc23)[C@]12C(=O)N(CC#N)c1ccc(Br)cc12. The van der Waals surface area contributed by atoms with E-state index in [-0.39, 0.29) is 18.4 Å². The van der Waals surface area contributed by atoms with Crippen LogP contribution in [-0.4, -0.2) is 34.8 Å². The predicted octanol–water partition coefficient (Wildman–Crippen LogP) is 3.45. The zero-order valence-corrected chi connectivity index (χ0v) is 17.3. The predicted molar refractivity (Wildman–Crippen MR) is 112 cm³/mol. The summed E-state index contributed by atoms with van der Waals surface area (Å²) in [4.78, 5) is 33.3. The number of benzene rings is 2. The number of carbonyl (C=O) groups excluding carboxylic acids is 2. The summed E-state index contributed by atoms with van der Waals surface area (Å²) in [5.41, 5.74) is 2.80. The normalized spacial score (nSPS) is 20.1. The highest BCUT2D eigenvalue weighted by molar-refractivity contribution is 9.10. The quantitative estimate of drug-likeness (QED) is 0.578. The molecule has 0 aliphatic carbocycles. The Labute approximate surface area is 175 Å². The summed E-state index contributed by atoms with van der Waals surface area (Å²) in [7, 11) is 0. The molecule has 1 spiro atoms. The van der Waals surface area contributed by atoms with Gasteiger partial charge in [0.25, 0.3) is 5.91 Å². The average Bonchev–Trinajstić information content (AvgIpc) is 3.19. The van der Waals surface area contributed by atoms with Crippen LogP contribution in [0.25, 0.3) is 10.9 Å². The lowest BCUT2D eigenvalue weighted by atomic mass is 9.80. The van der Waals surface area contributed by atoms with E-state index in [9.17, 15) is 14.9 Å². The lowest BCUT2D eigenvalue weighted by Crippen LogP contribution is -2.58. The van der Waals surface area contributed by atoms with Gasteiger partial charge in [-0.05, 0) is 36.2 Å². The number of amides is 2. The molecular formula is C22H17BrN4O2. The Morgan fingerprint density at radius 3 is 2.86 bits per heavy atom. The van der Waals surface area contributed by atoms with Crippen LogP contribution in [0.1, 0.15) is 23.7 Å². The van der Waals surface area contributed by atoms with Crippen LogP contribution in [-0.2, 0) is 21.5 Å². The van der Waals surface area contributed by atoms with Crippen molar-refractivity contribution in [3.8, 4) is 6.07 Å². The van der Waals surface area contributed by atoms with Gasteiger partial charge in [0.1, 0.15) is 6.54 Å². The second kappa shape index (κ2) is 6.19. The first kappa shape index (κ1) is 18.0. The van der Waals surface area contributed by atoms with E-state index < -0.39 is 5.54 Å². The fourth-order valence-electron chi connectivity index (χ4n) is 4.87. The molecule has 29 heavy (non-hydrogen) atoms. The van der Waals surface area contributed by atoms with Crippen LogP contribution < -0.4 is 4.90 Å². The third kappa shape index (κ3) is 2.21. The summed E-state index contributed by atoms with van der Waals surface area (Å²) in [5.74, 6) is -0.442. The van der Waals surface area contributed by atoms with Crippen molar-refractivity contribution in [2.75, 3.05) is 18.0 Å². The molecule has 1 aromatic heterocycles. The van der Waals surface area contributed by atoms with E-state index in [2.05, 4.69) is 27.0 Å². The fraction of sp³-hybridized carbons (Fsp3) is 0.227. The molecule has 0 bridgehead atoms. The monoisotopic (exact) mass is 448 g/mol. The van der Waals surface area contributed by atoms with Gasteiger partial charge in [-0.15, -0.1) is 0 Å². The Bertz CT molecular complexity index is 1240. The van der Waals surface area contributed by atoms with Crippen LogP contribution in [0, 0.1) is 11.3 Å². The molecule has 1 N–H and O–H groups in total. The molecular weight excluding hydrogens is 432 g/mol. The molecule has 0 fully saturated rings. The van der Waals surface area contributed by atoms with Gasteiger partial charge in [0.2, 0.25) is 5.91 Å². The number of anilines is 1. The maximum atomic E-state index is 13.9. The molecule has 6 nitrogen and oxygen atoms in total. The largest absolute Gasteiger partial charge is 0.355 e. The molecule has 3 heterocycles. The number of halogens is 1. The summed E-state index contributed by atoms with van der Waals surface area (Å²) < 4.78 is 0.814. The first-order chi connectivity index (χ1) is 14.0. The first-order valence-electron chi connectivity index (χ1n) is 9.37. The van der Waals surface area contributed by atoms with Crippen molar-refractivity contribution in [2.24, 2.45) is 0 Å². The van der Waals surface area contributed by atoms with Gasteiger partial charge in [-0.2, -0.15) is 5.26 Å². The summed E-state index contributed by atoms with van der Waals surface area (Å²) in [6.45, 7) is 1.85. The van der Waals surface area contributed by atoms with Crippen LogP contribution in [0.3, 0.4) is 0 Å². The molecule has 5 rings (SSSR count). The summed E-state index contributed by atoms with van der Waals surface area (Å²) in [6.07, 6.45) is 0.662. The highest BCUT2D eigenvalue weighted by atomic mass is 79.9. The van der Waals surface area contributed by atoms with Gasteiger partial charge in [0.05, 0.1) is 17.5 Å². The van der Waals surface area contributed by atoms with Gasteiger partial charge in [0.15, 0.2) is 5.54 Å². The summed E-state index contributed by atoms with van der Waals surface area (Å²) in [5, 5.41) is 10.4. The lowest BCUT2D eigenvalue weighted by molar-refractivity contribution is -0.143. The van der Waals surface area contributed by atoms with Crippen molar-refractivity contribution in [2.45, 2.75) is 18.9 Å². The number of carbonyl (C=O) groups is 2. The highest BCUT2D eigenvalue weighted by Crippen LogP contribution is 2.52. The third-order valence-electron chi connectivity index (χ3n) is 5.97. The second-order valence-electron chi connectivity index (χ2n) is 7.37. The van der Waals surface area contributed by atoms with E-state index in [1.54, 1.807) is 4.90 Å². The maximum Gasteiger partial charge on any atom is 0.264 e. The van der Waals surface area contributed by atoms with Crippen LogP contribution in [0.5, 0.6) is 0 Å². The molecule has 2 aliphatic rings. The molecule has 0 saturated heterocycles. The Morgan fingerprint density at radius 1 is 1.31 bits per heavy atom. The van der Waals surface area contributed by atoms with Crippen LogP contribution >= 0.6 is 15.9 Å². The number of nitrogens with zero attached hydrogens (tertiary/aromatic N) is 3. The number of hydrogen-bond donors (Lipinski definition) is 1. The van der Waals surface area contributed by atoms with E-state index in [0.717, 1.165) is 32.2 Å². The molecule has 2 amide bonds. The molecule has 7 heteroatoms. The number of fused-ring (bicyclic) bond motifs is 6. The van der Waals surface area contributed by atoms with Crippen molar-refractivity contribution in [3.05, 3.63) is 63.8 Å². The maximum absolute atomic E-state index is 13.9. The minimum absolute atomic E-state index is 0.0729. The van der Waals surface area contributed by atoms with Gasteiger partial charge in [-0.3, -0.25) is 14.5 Å². The van der Waals surface area contributed by atoms with Crippen LogP contribution in [0.15, 0.2) is 46.9 Å². The number of aromatic amines is 1. The molecule has 144 valence electrons. The highest BCUT2D eigenvalue weighted by Gasteiger charge is 2.60. The van der Waals surface area contributed by atoms with Crippen LogP contribution in [0.4, 0.5) is 5.69 Å². The van der Waals surface area contributed by atoms with Crippen molar-refractivity contribution in [1.82, 2.24) is 9.88 Å². The fourth-order valence-corrected chi connectivity index (χ4v) is 5.23. The number of H-pyrrole nitrogens is 1. The average molecular weight is 449 g/mol. The Hall–Kier alpha value is -3.11. The molecule has 2 aliphatic heterocycles. The number of para-hydroxylation sites is 1. The van der Waals surface area contributed by atoms with Gasteiger partial charge >= 0.3 is 0 Å². The molecule has 0 saturated carbocycles. The zero-order chi connectivity index (χ0) is 20.3. The molecule has 0 radical (unpaired) electrons. The van der Waals surface area contributed by atoms with Gasteiger partial charge in [-0.25, -0.2) is 0 Å².